The molecule has 3 N–H and O–H groups in total. The molecule has 3 aromatic rings. The van der Waals surface area contributed by atoms with Gasteiger partial charge in [0.05, 0.1) is 11.2 Å². The van der Waals surface area contributed by atoms with Crippen LogP contribution in [0.15, 0.2) is 54.6 Å². The van der Waals surface area contributed by atoms with Crippen LogP contribution in [0.3, 0.4) is 0 Å². The van der Waals surface area contributed by atoms with Gasteiger partial charge in [0.15, 0.2) is 0 Å². The second-order valence-corrected chi connectivity index (χ2v) is 8.02. The number of carbonyl (C=O) groups is 1. The zero-order valence-corrected chi connectivity index (χ0v) is 15.6. The zero-order chi connectivity index (χ0) is 19.7. The van der Waals surface area contributed by atoms with Gasteiger partial charge in [0, 0.05) is 11.9 Å². The fourth-order valence-electron chi connectivity index (χ4n) is 3.09. The molecule has 0 saturated carbocycles. The van der Waals surface area contributed by atoms with Gasteiger partial charge in [0.1, 0.15) is 18.1 Å². The first kappa shape index (κ1) is 18.1. The predicted octanol–water partition coefficient (Wildman–Crippen LogP) is 1.78. The predicted molar refractivity (Wildman–Crippen MR) is 106 cm³/mol. The normalized spacial score (nSPS) is 15.6. The maximum atomic E-state index is 12.1. The number of aromatic nitrogens is 1. The summed E-state index contributed by atoms with van der Waals surface area (Å²) in [5.41, 5.74) is 1.73. The molecule has 144 valence electrons. The van der Waals surface area contributed by atoms with Crippen molar-refractivity contribution in [3.05, 3.63) is 60.2 Å². The van der Waals surface area contributed by atoms with Gasteiger partial charge in [-0.15, -0.1) is 0 Å². The van der Waals surface area contributed by atoms with Crippen LogP contribution in [0.4, 0.5) is 11.5 Å². The second-order valence-electron chi connectivity index (χ2n) is 6.43. The second kappa shape index (κ2) is 7.01. The number of phenols is 1. The maximum absolute atomic E-state index is 12.1. The number of carbonyl (C=O) groups excluding carboxylic acids is 1. The number of amides is 1. The summed E-state index contributed by atoms with van der Waals surface area (Å²) in [7, 11) is -4.01. The lowest BCUT2D eigenvalue weighted by molar-refractivity contribution is -0.117. The number of hydrogen-bond donors (Lipinski definition) is 3. The van der Waals surface area contributed by atoms with Gasteiger partial charge >= 0.3 is 10.2 Å². The molecule has 0 unspecified atom stereocenters. The van der Waals surface area contributed by atoms with E-state index in [-0.39, 0.29) is 18.0 Å². The first-order valence-corrected chi connectivity index (χ1v) is 10.1. The molecule has 1 aliphatic heterocycles. The molecule has 4 rings (SSSR count). The molecule has 0 spiro atoms. The van der Waals surface area contributed by atoms with E-state index in [9.17, 15) is 18.3 Å². The van der Waals surface area contributed by atoms with Crippen LogP contribution in [0.25, 0.3) is 10.9 Å². The number of anilines is 2. The molecule has 8 nitrogen and oxygen atoms in total. The van der Waals surface area contributed by atoms with Gasteiger partial charge in [0.25, 0.3) is 5.91 Å². The number of nitrogens with one attached hydrogen (secondary N) is 2. The van der Waals surface area contributed by atoms with E-state index in [1.54, 1.807) is 12.1 Å². The number of rotatable bonds is 5. The highest BCUT2D eigenvalue weighted by molar-refractivity contribution is 7.92. The Bertz CT molecular complexity index is 1150. The van der Waals surface area contributed by atoms with Crippen LogP contribution in [0, 0.1) is 0 Å². The van der Waals surface area contributed by atoms with Gasteiger partial charge in [-0.1, -0.05) is 30.3 Å². The molecule has 1 aromatic heterocycles. The highest BCUT2D eigenvalue weighted by Crippen LogP contribution is 2.34. The molecule has 1 fully saturated rings. The van der Waals surface area contributed by atoms with Crippen LogP contribution < -0.4 is 14.3 Å². The molecule has 0 atom stereocenters. The molecule has 9 heteroatoms. The average molecular weight is 398 g/mol. The summed E-state index contributed by atoms with van der Waals surface area (Å²) in [6, 6.07) is 16.5. The Morgan fingerprint density at radius 1 is 1.14 bits per heavy atom. The van der Waals surface area contributed by atoms with Crippen LogP contribution >= 0.6 is 0 Å². The number of benzene rings is 2. The molecule has 1 saturated heterocycles. The number of hydrogen-bond acceptors (Lipinski definition) is 6. The molecular formula is C19H18N4O4S. The van der Waals surface area contributed by atoms with Crippen molar-refractivity contribution in [2.45, 2.75) is 6.42 Å². The van der Waals surface area contributed by atoms with Gasteiger partial charge in [-0.25, -0.2) is 14.0 Å². The van der Waals surface area contributed by atoms with Crippen molar-refractivity contribution in [3.63, 3.8) is 0 Å². The number of pyridine rings is 1. The summed E-state index contributed by atoms with van der Waals surface area (Å²) in [4.78, 5) is 16.0. The molecule has 1 amide bonds. The Morgan fingerprint density at radius 3 is 2.64 bits per heavy atom. The van der Waals surface area contributed by atoms with E-state index in [1.165, 1.54) is 17.7 Å². The van der Waals surface area contributed by atoms with Gasteiger partial charge < -0.3 is 10.4 Å². The van der Waals surface area contributed by atoms with E-state index in [1.807, 2.05) is 22.9 Å². The minimum Gasteiger partial charge on any atom is -0.506 e. The number of phenolic OH excluding ortho intramolecular Hbond substituents is 1. The molecular weight excluding hydrogens is 380 g/mol. The van der Waals surface area contributed by atoms with Crippen molar-refractivity contribution in [2.75, 3.05) is 22.7 Å². The summed E-state index contributed by atoms with van der Waals surface area (Å²) < 4.78 is 26.8. The molecule has 0 aliphatic carbocycles. The molecule has 0 radical (unpaired) electrons. The standard InChI is InChI=1S/C19H18N4O4S/c24-17-10-14-6-7-18(20-9-8-13-4-2-1-3-5-13)21-15(14)11-16(17)23-12-19(25)22-28(23,26)27/h1-7,10-11,24H,8-9,12H2,(H,20,21)(H,22,25). The van der Waals surface area contributed by atoms with Crippen molar-refractivity contribution in [3.8, 4) is 5.75 Å². The number of nitrogens with zero attached hydrogens (tertiary/aromatic N) is 2. The summed E-state index contributed by atoms with van der Waals surface area (Å²) in [6.45, 7) is 0.308. The van der Waals surface area contributed by atoms with Gasteiger partial charge in [0.2, 0.25) is 0 Å². The van der Waals surface area contributed by atoms with Crippen molar-refractivity contribution in [1.82, 2.24) is 9.71 Å². The van der Waals surface area contributed by atoms with Crippen molar-refractivity contribution >= 4 is 38.5 Å². The van der Waals surface area contributed by atoms with E-state index in [0.717, 1.165) is 10.7 Å². The lowest BCUT2D eigenvalue weighted by atomic mass is 10.1. The third-order valence-corrected chi connectivity index (χ3v) is 5.83. The van der Waals surface area contributed by atoms with Crippen LogP contribution in [-0.4, -0.2) is 37.5 Å². The minimum atomic E-state index is -4.01. The highest BCUT2D eigenvalue weighted by atomic mass is 32.2. The number of aromatic hydroxyl groups is 1. The lowest BCUT2D eigenvalue weighted by Crippen LogP contribution is -2.29. The van der Waals surface area contributed by atoms with Gasteiger partial charge in [-0.2, -0.15) is 8.42 Å². The Morgan fingerprint density at radius 2 is 1.93 bits per heavy atom. The Balaban J connectivity index is 1.58. The highest BCUT2D eigenvalue weighted by Gasteiger charge is 2.35. The summed E-state index contributed by atoms with van der Waals surface area (Å²) in [6.07, 6.45) is 0.835. The van der Waals surface area contributed by atoms with Crippen LogP contribution in [0.1, 0.15) is 5.56 Å². The quantitative estimate of drug-likeness (QED) is 0.604. The lowest BCUT2D eigenvalue weighted by Gasteiger charge is -2.17. The van der Waals surface area contributed by atoms with E-state index >= 15 is 0 Å². The summed E-state index contributed by atoms with van der Waals surface area (Å²) >= 11 is 0. The molecule has 1 aliphatic rings. The summed E-state index contributed by atoms with van der Waals surface area (Å²) in [5, 5.41) is 14.1. The fourth-order valence-corrected chi connectivity index (χ4v) is 4.24. The monoisotopic (exact) mass is 398 g/mol. The Kier molecular flexibility index (Phi) is 4.52. The fraction of sp³-hybridized carbons (Fsp3) is 0.158. The largest absolute Gasteiger partial charge is 0.506 e. The van der Waals surface area contributed by atoms with E-state index in [2.05, 4.69) is 22.4 Å². The minimum absolute atomic E-state index is 0.0137. The van der Waals surface area contributed by atoms with E-state index < -0.39 is 16.1 Å². The van der Waals surface area contributed by atoms with Crippen LogP contribution in [-0.2, 0) is 21.4 Å². The molecule has 28 heavy (non-hydrogen) atoms. The van der Waals surface area contributed by atoms with Crippen molar-refractivity contribution in [1.29, 1.82) is 0 Å². The first-order valence-electron chi connectivity index (χ1n) is 8.67. The van der Waals surface area contributed by atoms with E-state index in [4.69, 9.17) is 0 Å². The Hall–Kier alpha value is -3.33. The van der Waals surface area contributed by atoms with Gasteiger partial charge in [-0.05, 0) is 36.2 Å². The van der Waals surface area contributed by atoms with Crippen LogP contribution in [0.5, 0.6) is 5.75 Å². The first-order chi connectivity index (χ1) is 13.4. The van der Waals surface area contributed by atoms with Crippen LogP contribution in [0.2, 0.25) is 0 Å². The maximum Gasteiger partial charge on any atom is 0.326 e. The van der Waals surface area contributed by atoms with E-state index in [0.29, 0.717) is 23.3 Å². The third-order valence-electron chi connectivity index (χ3n) is 4.44. The SMILES string of the molecule is O=C1CN(c2cc3nc(NCCc4ccccc4)ccc3cc2O)S(=O)(=O)N1. The smallest absolute Gasteiger partial charge is 0.326 e. The molecule has 2 aromatic carbocycles. The van der Waals surface area contributed by atoms with Gasteiger partial charge in [-0.3, -0.25) is 4.79 Å². The Labute approximate surface area is 162 Å². The molecule has 2 heterocycles. The number of fused-ring (bicyclic) bond motifs is 1. The van der Waals surface area contributed by atoms with Crippen molar-refractivity contribution < 1.29 is 18.3 Å². The zero-order valence-electron chi connectivity index (χ0n) is 14.8. The van der Waals surface area contributed by atoms with Crippen molar-refractivity contribution in [2.24, 2.45) is 0 Å². The third kappa shape index (κ3) is 3.56. The topological polar surface area (TPSA) is 112 Å². The average Bonchev–Trinajstić information content (AvgIpc) is 2.94. The molecule has 0 bridgehead atoms. The summed E-state index contributed by atoms with van der Waals surface area (Å²) in [5.74, 6) is -0.249.